The molecule has 2 aromatic rings. The summed E-state index contributed by atoms with van der Waals surface area (Å²) in [5.74, 6) is 0.574. The zero-order valence-electron chi connectivity index (χ0n) is 7.19. The number of methoxy groups -OCH3 is 1. The zero-order chi connectivity index (χ0) is 9.26. The van der Waals surface area contributed by atoms with Gasteiger partial charge in [-0.05, 0) is 18.2 Å². The van der Waals surface area contributed by atoms with Crippen molar-refractivity contribution in [3.63, 3.8) is 0 Å². The molecule has 1 heterocycles. The Morgan fingerprint density at radius 2 is 2.15 bits per heavy atom. The molecular formula is C9H9N3O. The summed E-state index contributed by atoms with van der Waals surface area (Å²) < 4.78 is 5.08. The highest BCUT2D eigenvalue weighted by Crippen LogP contribution is 2.22. The Morgan fingerprint density at radius 3 is 2.92 bits per heavy atom. The minimum atomic E-state index is 0.574. The van der Waals surface area contributed by atoms with Crippen molar-refractivity contribution in [3.05, 3.63) is 24.5 Å². The maximum absolute atomic E-state index is 5.61. The first-order valence-electron chi connectivity index (χ1n) is 3.85. The van der Waals surface area contributed by atoms with E-state index in [1.54, 1.807) is 19.2 Å². The van der Waals surface area contributed by atoms with Crippen molar-refractivity contribution in [3.8, 4) is 5.88 Å². The average Bonchev–Trinajstić information content (AvgIpc) is 2.16. The molecule has 0 bridgehead atoms. The molecule has 1 aromatic heterocycles. The molecule has 0 aliphatic rings. The monoisotopic (exact) mass is 175 g/mol. The van der Waals surface area contributed by atoms with Crippen LogP contribution in [0.4, 0.5) is 5.69 Å². The summed E-state index contributed by atoms with van der Waals surface area (Å²) in [6.45, 7) is 0. The van der Waals surface area contributed by atoms with Crippen molar-refractivity contribution in [2.45, 2.75) is 0 Å². The fourth-order valence-corrected chi connectivity index (χ4v) is 1.21. The lowest BCUT2D eigenvalue weighted by atomic mass is 10.2. The van der Waals surface area contributed by atoms with Crippen LogP contribution in [-0.2, 0) is 0 Å². The molecule has 0 saturated carbocycles. The summed E-state index contributed by atoms with van der Waals surface area (Å²) >= 11 is 0. The molecule has 4 nitrogen and oxygen atoms in total. The summed E-state index contributed by atoms with van der Waals surface area (Å²) in [5, 5.41) is 0.874. The topological polar surface area (TPSA) is 61.0 Å². The van der Waals surface area contributed by atoms with E-state index in [4.69, 9.17) is 10.5 Å². The predicted octanol–water partition coefficient (Wildman–Crippen LogP) is 1.22. The average molecular weight is 175 g/mol. The second-order valence-corrected chi connectivity index (χ2v) is 2.66. The highest BCUT2D eigenvalue weighted by molar-refractivity contribution is 5.85. The maximum atomic E-state index is 5.61. The van der Waals surface area contributed by atoms with Crippen molar-refractivity contribution < 1.29 is 4.74 Å². The number of nitrogens with zero attached hydrogens (tertiary/aromatic N) is 2. The van der Waals surface area contributed by atoms with Gasteiger partial charge in [-0.3, -0.25) is 0 Å². The first-order valence-corrected chi connectivity index (χ1v) is 3.85. The Hall–Kier alpha value is -1.84. The lowest BCUT2D eigenvalue weighted by Crippen LogP contribution is -1.92. The third-order valence-corrected chi connectivity index (χ3v) is 1.82. The van der Waals surface area contributed by atoms with Crippen molar-refractivity contribution >= 4 is 16.6 Å². The zero-order valence-corrected chi connectivity index (χ0v) is 7.19. The molecule has 2 N–H and O–H groups in total. The molecule has 0 atom stereocenters. The van der Waals surface area contributed by atoms with Gasteiger partial charge in [0.1, 0.15) is 6.33 Å². The van der Waals surface area contributed by atoms with Gasteiger partial charge in [-0.2, -0.15) is 0 Å². The Kier molecular flexibility index (Phi) is 1.73. The number of aromatic nitrogens is 2. The van der Waals surface area contributed by atoms with Crippen molar-refractivity contribution in [2.75, 3.05) is 12.8 Å². The molecule has 0 unspecified atom stereocenters. The van der Waals surface area contributed by atoms with E-state index in [0.29, 0.717) is 11.6 Å². The molecule has 66 valence electrons. The van der Waals surface area contributed by atoms with Crippen LogP contribution in [-0.4, -0.2) is 17.1 Å². The smallest absolute Gasteiger partial charge is 0.224 e. The number of hydrogen-bond donors (Lipinski definition) is 1. The first-order chi connectivity index (χ1) is 6.31. The summed E-state index contributed by atoms with van der Waals surface area (Å²) in [6.07, 6.45) is 1.46. The van der Waals surface area contributed by atoms with Gasteiger partial charge in [-0.1, -0.05) is 0 Å². The van der Waals surface area contributed by atoms with E-state index < -0.39 is 0 Å². The molecule has 2 rings (SSSR count). The molecule has 13 heavy (non-hydrogen) atoms. The van der Waals surface area contributed by atoms with Crippen LogP contribution >= 0.6 is 0 Å². The lowest BCUT2D eigenvalue weighted by Gasteiger charge is -2.02. The van der Waals surface area contributed by atoms with Gasteiger partial charge in [0, 0.05) is 5.69 Å². The van der Waals surface area contributed by atoms with Gasteiger partial charge in [0.2, 0.25) is 5.88 Å². The van der Waals surface area contributed by atoms with E-state index in [0.717, 1.165) is 10.9 Å². The Bertz CT molecular complexity index is 442. The van der Waals surface area contributed by atoms with Crippen LogP contribution in [0.1, 0.15) is 0 Å². The molecule has 0 spiro atoms. The fourth-order valence-electron chi connectivity index (χ4n) is 1.21. The van der Waals surface area contributed by atoms with Gasteiger partial charge in [-0.25, -0.2) is 9.97 Å². The van der Waals surface area contributed by atoms with Crippen LogP contribution in [0.3, 0.4) is 0 Å². The number of ether oxygens (including phenoxy) is 1. The molecule has 0 aliphatic carbocycles. The molecule has 0 radical (unpaired) electrons. The second-order valence-electron chi connectivity index (χ2n) is 2.66. The van der Waals surface area contributed by atoms with Crippen LogP contribution in [0.2, 0.25) is 0 Å². The number of benzene rings is 1. The van der Waals surface area contributed by atoms with E-state index in [2.05, 4.69) is 9.97 Å². The van der Waals surface area contributed by atoms with Gasteiger partial charge in [-0.15, -0.1) is 0 Å². The van der Waals surface area contributed by atoms with E-state index in [9.17, 15) is 0 Å². The highest BCUT2D eigenvalue weighted by atomic mass is 16.5. The second kappa shape index (κ2) is 2.90. The predicted molar refractivity (Wildman–Crippen MR) is 50.5 cm³/mol. The third-order valence-electron chi connectivity index (χ3n) is 1.82. The standard InChI is InChI=1S/C9H9N3O/c1-13-9-7-3-2-6(10)4-8(7)11-5-12-9/h2-5H,10H2,1H3. The number of anilines is 1. The lowest BCUT2D eigenvalue weighted by molar-refractivity contribution is 0.402. The van der Waals surface area contributed by atoms with Gasteiger partial charge in [0.15, 0.2) is 0 Å². The largest absolute Gasteiger partial charge is 0.480 e. The van der Waals surface area contributed by atoms with E-state index in [1.807, 2.05) is 6.07 Å². The maximum Gasteiger partial charge on any atom is 0.224 e. The van der Waals surface area contributed by atoms with Crippen LogP contribution in [0.25, 0.3) is 10.9 Å². The molecular weight excluding hydrogens is 166 g/mol. The minimum Gasteiger partial charge on any atom is -0.480 e. The summed E-state index contributed by atoms with van der Waals surface area (Å²) in [7, 11) is 1.58. The number of nitrogen functional groups attached to an aromatic ring is 1. The van der Waals surface area contributed by atoms with Crippen LogP contribution in [0.5, 0.6) is 5.88 Å². The highest BCUT2D eigenvalue weighted by Gasteiger charge is 2.02. The number of hydrogen-bond acceptors (Lipinski definition) is 4. The Balaban J connectivity index is 2.77. The van der Waals surface area contributed by atoms with Gasteiger partial charge in [0.25, 0.3) is 0 Å². The van der Waals surface area contributed by atoms with E-state index in [1.165, 1.54) is 6.33 Å². The van der Waals surface area contributed by atoms with E-state index in [-0.39, 0.29) is 0 Å². The summed E-state index contributed by atoms with van der Waals surface area (Å²) in [4.78, 5) is 8.06. The number of rotatable bonds is 1. The van der Waals surface area contributed by atoms with Crippen LogP contribution < -0.4 is 10.5 Å². The van der Waals surface area contributed by atoms with Crippen LogP contribution in [0.15, 0.2) is 24.5 Å². The van der Waals surface area contributed by atoms with E-state index >= 15 is 0 Å². The number of fused-ring (bicyclic) bond motifs is 1. The van der Waals surface area contributed by atoms with Crippen molar-refractivity contribution in [1.82, 2.24) is 9.97 Å². The molecule has 4 heteroatoms. The molecule has 0 aliphatic heterocycles. The van der Waals surface area contributed by atoms with Crippen LogP contribution in [0, 0.1) is 0 Å². The quantitative estimate of drug-likeness (QED) is 0.662. The molecule has 1 aromatic carbocycles. The molecule has 0 saturated heterocycles. The molecule has 0 amide bonds. The normalized spacial score (nSPS) is 10.2. The van der Waals surface area contributed by atoms with Gasteiger partial charge >= 0.3 is 0 Å². The molecule has 0 fully saturated rings. The first kappa shape index (κ1) is 7.79. The van der Waals surface area contributed by atoms with Crippen molar-refractivity contribution in [1.29, 1.82) is 0 Å². The minimum absolute atomic E-state index is 0.574. The number of nitrogens with two attached hydrogens (primary N) is 1. The Labute approximate surface area is 75.4 Å². The van der Waals surface area contributed by atoms with Gasteiger partial charge in [0.05, 0.1) is 18.0 Å². The summed E-state index contributed by atoms with van der Waals surface area (Å²) in [6, 6.07) is 5.44. The third kappa shape index (κ3) is 1.26. The fraction of sp³-hybridized carbons (Fsp3) is 0.111. The van der Waals surface area contributed by atoms with Crippen molar-refractivity contribution in [2.24, 2.45) is 0 Å². The van der Waals surface area contributed by atoms with Gasteiger partial charge < -0.3 is 10.5 Å². The SMILES string of the molecule is COc1ncnc2cc(N)ccc12. The Morgan fingerprint density at radius 1 is 1.31 bits per heavy atom. The summed E-state index contributed by atoms with van der Waals surface area (Å²) in [5.41, 5.74) is 7.10.